The summed E-state index contributed by atoms with van der Waals surface area (Å²) in [7, 11) is 1.66. The zero-order valence-corrected chi connectivity index (χ0v) is 11.2. The van der Waals surface area contributed by atoms with Crippen molar-refractivity contribution in [1.82, 2.24) is 4.98 Å². The highest BCUT2D eigenvalue weighted by Crippen LogP contribution is 2.26. The minimum absolute atomic E-state index is 0.763. The summed E-state index contributed by atoms with van der Waals surface area (Å²) in [5, 5.41) is 0. The van der Waals surface area contributed by atoms with Crippen molar-refractivity contribution in [2.75, 3.05) is 7.11 Å². The van der Waals surface area contributed by atoms with E-state index in [0.29, 0.717) is 0 Å². The van der Waals surface area contributed by atoms with Gasteiger partial charge in [-0.25, -0.2) is 4.98 Å². The molecule has 100 valence electrons. The summed E-state index contributed by atoms with van der Waals surface area (Å²) in [5.74, 6) is 1.65. The molecule has 3 aromatic rings. The number of nitrogens with zero attached hydrogens (tertiary/aromatic N) is 1. The quantitative estimate of drug-likeness (QED) is 0.716. The van der Waals surface area contributed by atoms with Crippen LogP contribution in [0.1, 0.15) is 11.3 Å². The molecule has 3 rings (SSSR count). The second-order valence-electron chi connectivity index (χ2n) is 4.52. The third-order valence-corrected chi connectivity index (χ3v) is 3.21. The molecule has 1 aromatic heterocycles. The molecule has 0 N–H and O–H groups in total. The van der Waals surface area contributed by atoms with Crippen molar-refractivity contribution in [2.24, 2.45) is 0 Å². The van der Waals surface area contributed by atoms with Crippen molar-refractivity contribution in [3.05, 3.63) is 72.2 Å². The van der Waals surface area contributed by atoms with Gasteiger partial charge in [-0.1, -0.05) is 30.3 Å². The summed E-state index contributed by atoms with van der Waals surface area (Å²) in [5.41, 5.74) is 3.17. The molecule has 2 aromatic carbocycles. The monoisotopic (exact) mass is 265 g/mol. The number of benzene rings is 2. The fourth-order valence-corrected chi connectivity index (χ4v) is 2.16. The maximum Gasteiger partial charge on any atom is 0.181 e. The van der Waals surface area contributed by atoms with Crippen LogP contribution in [0.15, 0.2) is 65.4 Å². The number of oxazole rings is 1. The van der Waals surface area contributed by atoms with Crippen molar-refractivity contribution >= 4 is 0 Å². The molecule has 0 saturated carbocycles. The lowest BCUT2D eigenvalue weighted by Gasteiger charge is -2.03. The predicted octanol–water partition coefficient (Wildman–Crippen LogP) is 3.94. The van der Waals surface area contributed by atoms with E-state index >= 15 is 0 Å². The fraction of sp³-hybridized carbons (Fsp3) is 0.118. The standard InChI is InChI=1S/C17H15NO2/c1-19-15-9-7-14(8-10-15)17-16(18-12-20-17)11-13-5-3-2-4-6-13/h2-10,12H,11H2,1H3. The molecule has 0 radical (unpaired) electrons. The molecule has 0 fully saturated rings. The first kappa shape index (κ1) is 12.5. The molecule has 20 heavy (non-hydrogen) atoms. The van der Waals surface area contributed by atoms with Crippen molar-refractivity contribution in [3.63, 3.8) is 0 Å². The Hall–Kier alpha value is -2.55. The zero-order chi connectivity index (χ0) is 13.8. The first-order valence-electron chi connectivity index (χ1n) is 6.47. The molecular formula is C17H15NO2. The third kappa shape index (κ3) is 2.57. The van der Waals surface area contributed by atoms with Gasteiger partial charge in [0.25, 0.3) is 0 Å². The predicted molar refractivity (Wildman–Crippen MR) is 77.7 cm³/mol. The minimum atomic E-state index is 0.763. The van der Waals surface area contributed by atoms with E-state index in [1.165, 1.54) is 12.0 Å². The molecule has 0 bridgehead atoms. The summed E-state index contributed by atoms with van der Waals surface area (Å²) >= 11 is 0. The molecular weight excluding hydrogens is 250 g/mol. The molecule has 0 atom stereocenters. The van der Waals surface area contributed by atoms with Gasteiger partial charge in [0.15, 0.2) is 12.2 Å². The summed E-state index contributed by atoms with van der Waals surface area (Å²) in [4.78, 5) is 4.33. The van der Waals surface area contributed by atoms with Gasteiger partial charge in [-0.3, -0.25) is 0 Å². The average Bonchev–Trinajstić information content (AvgIpc) is 2.96. The summed E-state index contributed by atoms with van der Waals surface area (Å²) in [6.07, 6.45) is 2.26. The van der Waals surface area contributed by atoms with Crippen LogP contribution in [0.4, 0.5) is 0 Å². The van der Waals surface area contributed by atoms with Crippen LogP contribution < -0.4 is 4.74 Å². The second kappa shape index (κ2) is 5.61. The Kier molecular flexibility index (Phi) is 3.50. The zero-order valence-electron chi connectivity index (χ0n) is 11.2. The summed E-state index contributed by atoms with van der Waals surface area (Å²) < 4.78 is 10.7. The molecule has 3 nitrogen and oxygen atoms in total. The third-order valence-electron chi connectivity index (χ3n) is 3.21. The first-order chi connectivity index (χ1) is 9.86. The second-order valence-corrected chi connectivity index (χ2v) is 4.52. The lowest BCUT2D eigenvalue weighted by molar-refractivity contribution is 0.415. The number of hydrogen-bond donors (Lipinski definition) is 0. The van der Waals surface area contributed by atoms with Crippen LogP contribution in [-0.2, 0) is 6.42 Å². The maximum atomic E-state index is 5.54. The Morgan fingerprint density at radius 2 is 1.75 bits per heavy atom. The molecule has 0 saturated heterocycles. The van der Waals surface area contributed by atoms with Crippen LogP contribution in [0.2, 0.25) is 0 Å². The molecule has 0 aliphatic rings. The maximum absolute atomic E-state index is 5.54. The number of rotatable bonds is 4. The van der Waals surface area contributed by atoms with Crippen LogP contribution in [0.3, 0.4) is 0 Å². The van der Waals surface area contributed by atoms with E-state index in [0.717, 1.165) is 29.2 Å². The Bertz CT molecular complexity index is 672. The van der Waals surface area contributed by atoms with E-state index in [-0.39, 0.29) is 0 Å². The van der Waals surface area contributed by atoms with Gasteiger partial charge in [0, 0.05) is 12.0 Å². The average molecular weight is 265 g/mol. The molecule has 0 aliphatic carbocycles. The van der Waals surface area contributed by atoms with Gasteiger partial charge in [-0.05, 0) is 29.8 Å². The van der Waals surface area contributed by atoms with E-state index < -0.39 is 0 Å². The Morgan fingerprint density at radius 3 is 2.45 bits per heavy atom. The Morgan fingerprint density at radius 1 is 1.00 bits per heavy atom. The van der Waals surface area contributed by atoms with Gasteiger partial charge in [-0.2, -0.15) is 0 Å². The lowest BCUT2D eigenvalue weighted by atomic mass is 10.1. The molecule has 3 heteroatoms. The van der Waals surface area contributed by atoms with Gasteiger partial charge >= 0.3 is 0 Å². The summed E-state index contributed by atoms with van der Waals surface area (Å²) in [6.45, 7) is 0. The summed E-state index contributed by atoms with van der Waals surface area (Å²) in [6, 6.07) is 18.1. The van der Waals surface area contributed by atoms with Crippen molar-refractivity contribution in [1.29, 1.82) is 0 Å². The van der Waals surface area contributed by atoms with Gasteiger partial charge in [0.2, 0.25) is 0 Å². The largest absolute Gasteiger partial charge is 0.497 e. The van der Waals surface area contributed by atoms with Crippen LogP contribution in [0.25, 0.3) is 11.3 Å². The molecule has 0 spiro atoms. The van der Waals surface area contributed by atoms with E-state index in [1.807, 2.05) is 42.5 Å². The highest BCUT2D eigenvalue weighted by molar-refractivity contribution is 5.61. The van der Waals surface area contributed by atoms with Gasteiger partial charge in [0.05, 0.1) is 12.8 Å². The van der Waals surface area contributed by atoms with E-state index in [9.17, 15) is 0 Å². The molecule has 0 unspecified atom stereocenters. The van der Waals surface area contributed by atoms with Crippen molar-refractivity contribution in [2.45, 2.75) is 6.42 Å². The molecule has 0 aliphatic heterocycles. The van der Waals surface area contributed by atoms with E-state index in [2.05, 4.69) is 17.1 Å². The van der Waals surface area contributed by atoms with Crippen molar-refractivity contribution < 1.29 is 9.15 Å². The molecule has 1 heterocycles. The van der Waals surface area contributed by atoms with E-state index in [1.54, 1.807) is 7.11 Å². The number of aromatic nitrogens is 1. The number of hydrogen-bond acceptors (Lipinski definition) is 3. The highest BCUT2D eigenvalue weighted by Gasteiger charge is 2.11. The normalized spacial score (nSPS) is 10.4. The van der Waals surface area contributed by atoms with E-state index in [4.69, 9.17) is 9.15 Å². The van der Waals surface area contributed by atoms with Crippen LogP contribution in [0.5, 0.6) is 5.75 Å². The van der Waals surface area contributed by atoms with Crippen LogP contribution in [0, 0.1) is 0 Å². The van der Waals surface area contributed by atoms with Crippen molar-refractivity contribution in [3.8, 4) is 17.1 Å². The van der Waals surface area contributed by atoms with Crippen LogP contribution in [-0.4, -0.2) is 12.1 Å². The smallest absolute Gasteiger partial charge is 0.181 e. The molecule has 0 amide bonds. The van der Waals surface area contributed by atoms with Crippen LogP contribution >= 0.6 is 0 Å². The lowest BCUT2D eigenvalue weighted by Crippen LogP contribution is -1.91. The first-order valence-corrected chi connectivity index (χ1v) is 6.47. The highest BCUT2D eigenvalue weighted by atomic mass is 16.5. The minimum Gasteiger partial charge on any atom is -0.497 e. The topological polar surface area (TPSA) is 35.3 Å². The van der Waals surface area contributed by atoms with Gasteiger partial charge < -0.3 is 9.15 Å². The Labute approximate surface area is 117 Å². The van der Waals surface area contributed by atoms with Gasteiger partial charge in [-0.15, -0.1) is 0 Å². The SMILES string of the molecule is COc1ccc(-c2ocnc2Cc2ccccc2)cc1. The number of ether oxygens (including phenoxy) is 1. The fourth-order valence-electron chi connectivity index (χ4n) is 2.16. The Balaban J connectivity index is 1.89. The van der Waals surface area contributed by atoms with Gasteiger partial charge in [0.1, 0.15) is 5.75 Å². The number of methoxy groups -OCH3 is 1.